The average molecular weight is 335 g/mol. The summed E-state index contributed by atoms with van der Waals surface area (Å²) in [7, 11) is 1.86. The molecular formula is C15H19BrN4. The van der Waals surface area contributed by atoms with Gasteiger partial charge in [0.15, 0.2) is 0 Å². The van der Waals surface area contributed by atoms with Gasteiger partial charge in [0, 0.05) is 29.2 Å². The van der Waals surface area contributed by atoms with Crippen molar-refractivity contribution in [3.05, 3.63) is 40.1 Å². The summed E-state index contributed by atoms with van der Waals surface area (Å²) >= 11 is 3.49. The van der Waals surface area contributed by atoms with Crippen LogP contribution >= 0.6 is 15.9 Å². The van der Waals surface area contributed by atoms with Crippen LogP contribution in [0.1, 0.15) is 31.2 Å². The molecule has 0 amide bonds. The van der Waals surface area contributed by atoms with Crippen LogP contribution in [-0.4, -0.2) is 17.0 Å². The number of nitrogens with one attached hydrogen (secondary N) is 2. The van der Waals surface area contributed by atoms with E-state index in [-0.39, 0.29) is 5.92 Å². The van der Waals surface area contributed by atoms with Gasteiger partial charge in [-0.15, -0.1) is 0 Å². The maximum Gasteiger partial charge on any atom is 0.136 e. The molecule has 4 nitrogen and oxygen atoms in total. The van der Waals surface area contributed by atoms with Crippen LogP contribution in [0.25, 0.3) is 0 Å². The molecule has 20 heavy (non-hydrogen) atoms. The van der Waals surface area contributed by atoms with Crippen molar-refractivity contribution in [2.24, 2.45) is 0 Å². The molecule has 106 valence electrons. The standard InChI is InChI=1S/C15H19BrN4/c1-9(2)15-19-13(17-4)8-14(20-15)18-12-7-11(16)6-5-10(12)3/h5-9H,1-4H3,(H2,17,18,19,20). The number of aromatic nitrogens is 2. The number of hydrogen-bond acceptors (Lipinski definition) is 4. The third-order valence-corrected chi connectivity index (χ3v) is 3.47. The smallest absolute Gasteiger partial charge is 0.136 e. The second kappa shape index (κ2) is 6.22. The predicted octanol–water partition coefficient (Wildman–Crippen LogP) is 4.46. The van der Waals surface area contributed by atoms with Crippen LogP contribution in [0, 0.1) is 6.92 Å². The summed E-state index contributed by atoms with van der Waals surface area (Å²) in [6.45, 7) is 6.24. The lowest BCUT2D eigenvalue weighted by molar-refractivity contribution is 0.778. The van der Waals surface area contributed by atoms with Crippen molar-refractivity contribution in [2.75, 3.05) is 17.7 Å². The van der Waals surface area contributed by atoms with Crippen LogP contribution in [0.5, 0.6) is 0 Å². The molecule has 0 aliphatic carbocycles. The second-order valence-corrected chi connectivity index (χ2v) is 5.90. The van der Waals surface area contributed by atoms with E-state index in [2.05, 4.69) is 63.4 Å². The topological polar surface area (TPSA) is 49.8 Å². The molecule has 2 rings (SSSR count). The van der Waals surface area contributed by atoms with Crippen molar-refractivity contribution in [3.8, 4) is 0 Å². The van der Waals surface area contributed by atoms with Crippen molar-refractivity contribution < 1.29 is 0 Å². The minimum atomic E-state index is 0.285. The summed E-state index contributed by atoms with van der Waals surface area (Å²) in [4.78, 5) is 9.03. The van der Waals surface area contributed by atoms with Crippen LogP contribution in [0.4, 0.5) is 17.3 Å². The van der Waals surface area contributed by atoms with Gasteiger partial charge in [-0.1, -0.05) is 35.8 Å². The van der Waals surface area contributed by atoms with Crippen molar-refractivity contribution in [3.63, 3.8) is 0 Å². The molecule has 1 aromatic carbocycles. The lowest BCUT2D eigenvalue weighted by atomic mass is 10.2. The van der Waals surface area contributed by atoms with E-state index < -0.39 is 0 Å². The SMILES string of the molecule is CNc1cc(Nc2cc(Br)ccc2C)nc(C(C)C)n1. The molecule has 0 saturated heterocycles. The number of halogens is 1. The van der Waals surface area contributed by atoms with Gasteiger partial charge in [0.2, 0.25) is 0 Å². The third-order valence-electron chi connectivity index (χ3n) is 2.98. The van der Waals surface area contributed by atoms with Crippen LogP contribution in [-0.2, 0) is 0 Å². The van der Waals surface area contributed by atoms with Gasteiger partial charge in [-0.05, 0) is 24.6 Å². The van der Waals surface area contributed by atoms with Gasteiger partial charge in [-0.2, -0.15) is 0 Å². The number of anilines is 3. The first-order valence-electron chi connectivity index (χ1n) is 6.59. The Hall–Kier alpha value is -1.62. The maximum absolute atomic E-state index is 4.57. The summed E-state index contributed by atoms with van der Waals surface area (Å²) in [5.41, 5.74) is 2.21. The molecule has 0 aliphatic rings. The quantitative estimate of drug-likeness (QED) is 0.866. The lowest BCUT2D eigenvalue weighted by Crippen LogP contribution is -2.05. The summed E-state index contributed by atoms with van der Waals surface area (Å²) in [5.74, 6) is 2.73. The minimum absolute atomic E-state index is 0.285. The lowest BCUT2D eigenvalue weighted by Gasteiger charge is -2.13. The molecule has 2 aromatic rings. The molecular weight excluding hydrogens is 316 g/mol. The van der Waals surface area contributed by atoms with E-state index in [0.717, 1.165) is 27.6 Å². The second-order valence-electron chi connectivity index (χ2n) is 4.99. The van der Waals surface area contributed by atoms with Gasteiger partial charge < -0.3 is 10.6 Å². The average Bonchev–Trinajstić information content (AvgIpc) is 2.42. The molecule has 0 atom stereocenters. The van der Waals surface area contributed by atoms with Crippen molar-refractivity contribution in [1.82, 2.24) is 9.97 Å². The molecule has 0 bridgehead atoms. The molecule has 0 radical (unpaired) electrons. The molecule has 1 aromatic heterocycles. The number of nitrogens with zero attached hydrogens (tertiary/aromatic N) is 2. The Morgan fingerprint density at radius 3 is 2.45 bits per heavy atom. The highest BCUT2D eigenvalue weighted by Crippen LogP contribution is 2.25. The van der Waals surface area contributed by atoms with Gasteiger partial charge in [-0.25, -0.2) is 9.97 Å². The fourth-order valence-electron chi connectivity index (χ4n) is 1.78. The summed E-state index contributed by atoms with van der Waals surface area (Å²) in [5, 5.41) is 6.44. The van der Waals surface area contributed by atoms with Gasteiger partial charge in [0.25, 0.3) is 0 Å². The first kappa shape index (κ1) is 14.8. The van der Waals surface area contributed by atoms with Gasteiger partial charge in [0.05, 0.1) is 0 Å². The fourth-order valence-corrected chi connectivity index (χ4v) is 2.14. The summed E-state index contributed by atoms with van der Waals surface area (Å²) in [6, 6.07) is 8.05. The first-order chi connectivity index (χ1) is 9.49. The third kappa shape index (κ3) is 3.48. The Bertz CT molecular complexity index is 611. The van der Waals surface area contributed by atoms with Crippen LogP contribution in [0.2, 0.25) is 0 Å². The van der Waals surface area contributed by atoms with Gasteiger partial charge in [0.1, 0.15) is 17.5 Å². The Morgan fingerprint density at radius 1 is 1.10 bits per heavy atom. The number of benzene rings is 1. The van der Waals surface area contributed by atoms with E-state index in [1.165, 1.54) is 5.56 Å². The predicted molar refractivity (Wildman–Crippen MR) is 87.8 cm³/mol. The van der Waals surface area contributed by atoms with E-state index in [4.69, 9.17) is 0 Å². The highest BCUT2D eigenvalue weighted by molar-refractivity contribution is 9.10. The monoisotopic (exact) mass is 334 g/mol. The van der Waals surface area contributed by atoms with Crippen molar-refractivity contribution >= 4 is 33.3 Å². The maximum atomic E-state index is 4.57. The van der Waals surface area contributed by atoms with Gasteiger partial charge >= 0.3 is 0 Å². The zero-order valence-electron chi connectivity index (χ0n) is 12.2. The van der Waals surface area contributed by atoms with E-state index >= 15 is 0 Å². The largest absolute Gasteiger partial charge is 0.373 e. The van der Waals surface area contributed by atoms with Crippen molar-refractivity contribution in [2.45, 2.75) is 26.7 Å². The van der Waals surface area contributed by atoms with E-state index in [1.54, 1.807) is 0 Å². The van der Waals surface area contributed by atoms with Crippen LogP contribution < -0.4 is 10.6 Å². The zero-order valence-corrected chi connectivity index (χ0v) is 13.7. The molecule has 0 fully saturated rings. The van der Waals surface area contributed by atoms with E-state index in [9.17, 15) is 0 Å². The highest BCUT2D eigenvalue weighted by atomic mass is 79.9. The molecule has 2 N–H and O–H groups in total. The van der Waals surface area contributed by atoms with E-state index in [0.29, 0.717) is 0 Å². The Balaban J connectivity index is 2.37. The highest BCUT2D eigenvalue weighted by Gasteiger charge is 2.08. The number of hydrogen-bond donors (Lipinski definition) is 2. The molecule has 0 saturated carbocycles. The Kier molecular flexibility index (Phi) is 4.60. The molecule has 1 heterocycles. The van der Waals surface area contributed by atoms with E-state index in [1.807, 2.05) is 25.2 Å². The fraction of sp³-hybridized carbons (Fsp3) is 0.333. The Labute approximate surface area is 128 Å². The van der Waals surface area contributed by atoms with Crippen LogP contribution in [0.3, 0.4) is 0 Å². The number of rotatable bonds is 4. The normalized spacial score (nSPS) is 10.7. The van der Waals surface area contributed by atoms with Crippen molar-refractivity contribution in [1.29, 1.82) is 0 Å². The molecule has 0 spiro atoms. The number of aryl methyl sites for hydroxylation is 1. The van der Waals surface area contributed by atoms with Crippen LogP contribution in [0.15, 0.2) is 28.7 Å². The molecule has 5 heteroatoms. The Morgan fingerprint density at radius 2 is 1.80 bits per heavy atom. The summed E-state index contributed by atoms with van der Waals surface area (Å²) < 4.78 is 1.04. The first-order valence-corrected chi connectivity index (χ1v) is 7.39. The van der Waals surface area contributed by atoms with Gasteiger partial charge in [-0.3, -0.25) is 0 Å². The minimum Gasteiger partial charge on any atom is -0.373 e. The summed E-state index contributed by atoms with van der Waals surface area (Å²) in [6.07, 6.45) is 0. The molecule has 0 unspecified atom stereocenters. The zero-order chi connectivity index (χ0) is 14.7. The molecule has 0 aliphatic heterocycles.